The molecule has 2 aromatic heterocycles. The van der Waals surface area contributed by atoms with E-state index in [1.165, 1.54) is 10.9 Å². The molecule has 5 aromatic rings. The van der Waals surface area contributed by atoms with E-state index >= 15 is 0 Å². The molecule has 0 atom stereocenters. The Morgan fingerprint density at radius 3 is 2.61 bits per heavy atom. The second-order valence-corrected chi connectivity index (χ2v) is 7.40. The maximum Gasteiger partial charge on any atom is 0.144 e. The number of rotatable bonds is 2. The molecule has 28 heavy (non-hydrogen) atoms. The van der Waals surface area contributed by atoms with Gasteiger partial charge in [0, 0.05) is 27.9 Å². The summed E-state index contributed by atoms with van der Waals surface area (Å²) < 4.78 is 6.20. The fraction of sp³-hybridized carbons (Fsp3) is 0.120. The molecule has 0 spiro atoms. The fourth-order valence-electron chi connectivity index (χ4n) is 3.82. The lowest BCUT2D eigenvalue weighted by atomic mass is 9.97. The van der Waals surface area contributed by atoms with Crippen molar-refractivity contribution in [1.82, 2.24) is 4.98 Å². The zero-order valence-corrected chi connectivity index (χ0v) is 15.7. The lowest BCUT2D eigenvalue weighted by molar-refractivity contribution is 0.669. The molecule has 3 nitrogen and oxygen atoms in total. The molecule has 0 aliphatic rings. The first kappa shape index (κ1) is 16.5. The van der Waals surface area contributed by atoms with Gasteiger partial charge < -0.3 is 4.42 Å². The number of benzene rings is 3. The molecule has 0 saturated heterocycles. The lowest BCUT2D eigenvalue weighted by Gasteiger charge is -2.10. The van der Waals surface area contributed by atoms with Gasteiger partial charge in [-0.2, -0.15) is 5.26 Å². The second-order valence-electron chi connectivity index (χ2n) is 7.40. The lowest BCUT2D eigenvalue weighted by Crippen LogP contribution is -1.90. The minimum Gasteiger partial charge on any atom is -0.455 e. The number of furan rings is 1. The average molecular weight is 362 g/mol. The second kappa shape index (κ2) is 6.21. The van der Waals surface area contributed by atoms with Crippen molar-refractivity contribution in [3.8, 4) is 17.3 Å². The van der Waals surface area contributed by atoms with Crippen molar-refractivity contribution in [3.63, 3.8) is 0 Å². The van der Waals surface area contributed by atoms with E-state index in [9.17, 15) is 5.26 Å². The quantitative estimate of drug-likeness (QED) is 0.347. The number of pyridine rings is 1. The topological polar surface area (TPSA) is 49.8 Å². The van der Waals surface area contributed by atoms with Gasteiger partial charge in [0.15, 0.2) is 0 Å². The Morgan fingerprint density at radius 2 is 1.79 bits per heavy atom. The maximum atomic E-state index is 9.18. The predicted octanol–water partition coefficient (Wildman–Crippen LogP) is 6.80. The first-order valence-electron chi connectivity index (χ1n) is 9.40. The third-order valence-corrected chi connectivity index (χ3v) is 5.34. The largest absolute Gasteiger partial charge is 0.455 e. The average Bonchev–Trinajstić information content (AvgIpc) is 3.10. The number of para-hydroxylation sites is 1. The summed E-state index contributed by atoms with van der Waals surface area (Å²) >= 11 is 0. The number of hydrogen-bond acceptors (Lipinski definition) is 3. The van der Waals surface area contributed by atoms with Gasteiger partial charge >= 0.3 is 0 Å². The van der Waals surface area contributed by atoms with Crippen molar-refractivity contribution in [2.24, 2.45) is 0 Å². The Hall–Kier alpha value is -3.64. The minimum atomic E-state index is 0.481. The molecule has 0 radical (unpaired) electrons. The monoisotopic (exact) mass is 362 g/mol. The third-order valence-electron chi connectivity index (χ3n) is 5.34. The Labute approximate surface area is 162 Å². The highest BCUT2D eigenvalue weighted by Gasteiger charge is 2.15. The summed E-state index contributed by atoms with van der Waals surface area (Å²) in [5, 5.41) is 13.5. The van der Waals surface area contributed by atoms with Crippen molar-refractivity contribution in [1.29, 1.82) is 5.26 Å². The highest BCUT2D eigenvalue weighted by atomic mass is 16.3. The van der Waals surface area contributed by atoms with Crippen LogP contribution < -0.4 is 0 Å². The molecule has 0 aliphatic heterocycles. The van der Waals surface area contributed by atoms with E-state index in [-0.39, 0.29) is 0 Å². The SMILES string of the molecule is CC(C)c1ccc2c(-c3cccc4c3oc3cc(C#N)ccc34)nccc2c1. The van der Waals surface area contributed by atoms with Crippen LogP contribution >= 0.6 is 0 Å². The summed E-state index contributed by atoms with van der Waals surface area (Å²) in [7, 11) is 0. The molecular formula is C25H18N2O. The van der Waals surface area contributed by atoms with E-state index in [0.29, 0.717) is 11.5 Å². The van der Waals surface area contributed by atoms with E-state index in [1.54, 1.807) is 6.07 Å². The third kappa shape index (κ3) is 2.46. The fourth-order valence-corrected chi connectivity index (χ4v) is 3.82. The van der Waals surface area contributed by atoms with Crippen LogP contribution in [0.2, 0.25) is 0 Å². The number of fused-ring (bicyclic) bond motifs is 4. The van der Waals surface area contributed by atoms with Gasteiger partial charge in [-0.1, -0.05) is 44.2 Å². The normalized spacial score (nSPS) is 11.5. The Morgan fingerprint density at radius 1 is 0.929 bits per heavy atom. The molecule has 2 heterocycles. The Bertz CT molecular complexity index is 1400. The molecule has 0 bridgehead atoms. The van der Waals surface area contributed by atoms with E-state index < -0.39 is 0 Å². The Balaban J connectivity index is 1.81. The van der Waals surface area contributed by atoms with Crippen LogP contribution in [0.5, 0.6) is 0 Å². The highest BCUT2D eigenvalue weighted by molar-refractivity contribution is 6.11. The first-order chi connectivity index (χ1) is 13.7. The standard InChI is InChI=1S/C25H18N2O/c1-15(2)17-7-9-19-18(13-17)10-11-27-24(19)22-5-3-4-21-20-8-6-16(14-26)12-23(20)28-25(21)22/h3-13,15H,1-2H3. The summed E-state index contributed by atoms with van der Waals surface area (Å²) in [5.41, 5.74) is 5.32. The van der Waals surface area contributed by atoms with Gasteiger partial charge in [-0.3, -0.25) is 4.98 Å². The van der Waals surface area contributed by atoms with Gasteiger partial charge in [-0.15, -0.1) is 0 Å². The summed E-state index contributed by atoms with van der Waals surface area (Å²) in [6, 6.07) is 22.5. The molecule has 0 amide bonds. The number of nitrogens with zero attached hydrogens (tertiary/aromatic N) is 2. The molecule has 0 unspecified atom stereocenters. The molecule has 0 aliphatic carbocycles. The summed E-state index contributed by atoms with van der Waals surface area (Å²) in [5.74, 6) is 0.481. The summed E-state index contributed by atoms with van der Waals surface area (Å²) in [6.07, 6.45) is 1.86. The minimum absolute atomic E-state index is 0.481. The van der Waals surface area contributed by atoms with Crippen molar-refractivity contribution >= 4 is 32.7 Å². The van der Waals surface area contributed by atoms with Gasteiger partial charge in [0.1, 0.15) is 11.2 Å². The molecule has 134 valence electrons. The van der Waals surface area contributed by atoms with Crippen LogP contribution in [0.15, 0.2) is 71.3 Å². The van der Waals surface area contributed by atoms with Gasteiger partial charge in [-0.05, 0) is 47.2 Å². The van der Waals surface area contributed by atoms with Gasteiger partial charge in [0.05, 0.1) is 17.3 Å². The smallest absolute Gasteiger partial charge is 0.144 e. The summed E-state index contributed by atoms with van der Waals surface area (Å²) in [4.78, 5) is 4.69. The number of nitriles is 1. The van der Waals surface area contributed by atoms with Crippen LogP contribution in [0.25, 0.3) is 44.0 Å². The van der Waals surface area contributed by atoms with E-state index in [1.807, 2.05) is 30.5 Å². The Kier molecular flexibility index (Phi) is 3.67. The summed E-state index contributed by atoms with van der Waals surface area (Å²) in [6.45, 7) is 4.40. The van der Waals surface area contributed by atoms with Crippen LogP contribution in [0.3, 0.4) is 0 Å². The van der Waals surface area contributed by atoms with Crippen LogP contribution in [-0.4, -0.2) is 4.98 Å². The maximum absolute atomic E-state index is 9.18. The van der Waals surface area contributed by atoms with Crippen LogP contribution in [-0.2, 0) is 0 Å². The van der Waals surface area contributed by atoms with Crippen LogP contribution in [0.1, 0.15) is 30.9 Å². The van der Waals surface area contributed by atoms with Crippen molar-refractivity contribution in [2.45, 2.75) is 19.8 Å². The molecular weight excluding hydrogens is 344 g/mol. The number of aromatic nitrogens is 1. The van der Waals surface area contributed by atoms with E-state index in [2.05, 4.69) is 50.2 Å². The van der Waals surface area contributed by atoms with E-state index in [0.717, 1.165) is 38.6 Å². The van der Waals surface area contributed by atoms with Crippen molar-refractivity contribution < 1.29 is 4.42 Å². The predicted molar refractivity (Wildman–Crippen MR) is 113 cm³/mol. The molecule has 5 rings (SSSR count). The van der Waals surface area contributed by atoms with Gasteiger partial charge in [-0.25, -0.2) is 0 Å². The molecule has 0 N–H and O–H groups in total. The molecule has 0 fully saturated rings. The molecule has 3 aromatic carbocycles. The van der Waals surface area contributed by atoms with E-state index in [4.69, 9.17) is 9.40 Å². The number of hydrogen-bond donors (Lipinski definition) is 0. The van der Waals surface area contributed by atoms with Gasteiger partial charge in [0.2, 0.25) is 0 Å². The van der Waals surface area contributed by atoms with Crippen LogP contribution in [0, 0.1) is 11.3 Å². The highest BCUT2D eigenvalue weighted by Crippen LogP contribution is 2.38. The van der Waals surface area contributed by atoms with Crippen molar-refractivity contribution in [3.05, 3.63) is 78.0 Å². The zero-order valence-electron chi connectivity index (χ0n) is 15.7. The first-order valence-corrected chi connectivity index (χ1v) is 9.40. The van der Waals surface area contributed by atoms with Crippen LogP contribution in [0.4, 0.5) is 0 Å². The zero-order chi connectivity index (χ0) is 19.3. The van der Waals surface area contributed by atoms with Gasteiger partial charge in [0.25, 0.3) is 0 Å². The molecule has 3 heteroatoms. The molecule has 0 saturated carbocycles. The van der Waals surface area contributed by atoms with Crippen molar-refractivity contribution in [2.75, 3.05) is 0 Å².